The Morgan fingerprint density at radius 3 is 3.04 bits per heavy atom. The molecule has 0 aliphatic heterocycles. The number of nitriles is 1. The smallest absolute Gasteiger partial charge is 0.351 e. The second-order valence-corrected chi connectivity index (χ2v) is 5.59. The van der Waals surface area contributed by atoms with Crippen LogP contribution < -0.4 is 0 Å². The van der Waals surface area contributed by atoms with Gasteiger partial charge in [0.2, 0.25) is 0 Å². The van der Waals surface area contributed by atoms with Crippen molar-refractivity contribution in [3.63, 3.8) is 0 Å². The Balaban J connectivity index is 1.80. The number of thiophene rings is 1. The Morgan fingerprint density at radius 1 is 1.43 bits per heavy atom. The molecule has 0 radical (unpaired) electrons. The first-order valence-corrected chi connectivity index (χ1v) is 7.59. The minimum atomic E-state index is -0.473. The lowest BCUT2D eigenvalue weighted by Gasteiger charge is -2.13. The molecule has 3 aromatic rings. The van der Waals surface area contributed by atoms with Gasteiger partial charge in [0.25, 0.3) is 0 Å². The number of nitrogens with zero attached hydrogens (tertiary/aromatic N) is 5. The fourth-order valence-electron chi connectivity index (χ4n) is 2.05. The average molecular weight is 325 g/mol. The molecule has 7 nitrogen and oxygen atoms in total. The highest BCUT2D eigenvalue weighted by Gasteiger charge is 2.20. The third kappa shape index (κ3) is 3.09. The molecule has 0 unspecified atom stereocenters. The monoisotopic (exact) mass is 325 g/mol. The predicted molar refractivity (Wildman–Crippen MR) is 82.0 cm³/mol. The highest BCUT2D eigenvalue weighted by Crippen LogP contribution is 2.25. The minimum absolute atomic E-state index is 0.417. The second-order valence-electron chi connectivity index (χ2n) is 4.67. The number of tetrazole rings is 1. The number of benzene rings is 1. The standard InChI is InChI=1S/C15H11N5O2S/c1-10(12-4-2-3-11(7-12)8-16)22-15(21)14-13(5-6-23-14)20-9-17-18-19-20/h2-7,9-10H,1H3/t10-/m1/s1. The number of aromatic nitrogens is 4. The zero-order chi connectivity index (χ0) is 16.2. The molecule has 0 spiro atoms. The largest absolute Gasteiger partial charge is 0.454 e. The third-order valence-electron chi connectivity index (χ3n) is 3.19. The van der Waals surface area contributed by atoms with Crippen molar-refractivity contribution in [3.05, 3.63) is 58.0 Å². The van der Waals surface area contributed by atoms with Crippen molar-refractivity contribution in [2.45, 2.75) is 13.0 Å². The van der Waals surface area contributed by atoms with Crippen LogP contribution in [0.4, 0.5) is 0 Å². The predicted octanol–water partition coefficient (Wildman–Crippen LogP) is 2.51. The van der Waals surface area contributed by atoms with E-state index in [0.717, 1.165) is 5.56 Å². The number of carbonyl (C=O) groups excluding carboxylic acids is 1. The lowest BCUT2D eigenvalue weighted by molar-refractivity contribution is 0.0343. The van der Waals surface area contributed by atoms with E-state index < -0.39 is 12.1 Å². The van der Waals surface area contributed by atoms with Gasteiger partial charge >= 0.3 is 5.97 Å². The van der Waals surface area contributed by atoms with Crippen LogP contribution in [0.3, 0.4) is 0 Å². The topological polar surface area (TPSA) is 93.7 Å². The number of esters is 1. The van der Waals surface area contributed by atoms with Crippen LogP contribution in [-0.2, 0) is 4.74 Å². The lowest BCUT2D eigenvalue weighted by Crippen LogP contribution is -2.10. The normalized spacial score (nSPS) is 11.7. The van der Waals surface area contributed by atoms with Crippen LogP contribution in [0.2, 0.25) is 0 Å². The fourth-order valence-corrected chi connectivity index (χ4v) is 2.81. The fraction of sp³-hybridized carbons (Fsp3) is 0.133. The first-order valence-electron chi connectivity index (χ1n) is 6.71. The van der Waals surface area contributed by atoms with Gasteiger partial charge in [0.05, 0.1) is 17.3 Å². The van der Waals surface area contributed by atoms with Crippen LogP contribution in [0.15, 0.2) is 42.0 Å². The van der Waals surface area contributed by atoms with Crippen LogP contribution in [0.25, 0.3) is 5.69 Å². The molecule has 0 aliphatic carbocycles. The summed E-state index contributed by atoms with van der Waals surface area (Å²) in [7, 11) is 0. The second kappa shape index (κ2) is 6.37. The Bertz CT molecular complexity index is 866. The summed E-state index contributed by atoms with van der Waals surface area (Å²) in [5.74, 6) is -0.458. The summed E-state index contributed by atoms with van der Waals surface area (Å²) in [6, 6.07) is 10.8. The van der Waals surface area contributed by atoms with Crippen LogP contribution in [0, 0.1) is 11.3 Å². The van der Waals surface area contributed by atoms with E-state index in [1.165, 1.54) is 22.3 Å². The maximum atomic E-state index is 12.4. The quantitative estimate of drug-likeness (QED) is 0.684. The molecular formula is C15H11N5O2S. The van der Waals surface area contributed by atoms with E-state index in [2.05, 4.69) is 21.6 Å². The Labute approximate surface area is 135 Å². The molecule has 2 aromatic heterocycles. The molecule has 0 saturated heterocycles. The van der Waals surface area contributed by atoms with E-state index in [4.69, 9.17) is 10.00 Å². The van der Waals surface area contributed by atoms with Gasteiger partial charge in [0.15, 0.2) is 0 Å². The van der Waals surface area contributed by atoms with Gasteiger partial charge in [0.1, 0.15) is 17.3 Å². The van der Waals surface area contributed by atoms with Gasteiger partial charge < -0.3 is 4.74 Å². The zero-order valence-electron chi connectivity index (χ0n) is 12.1. The highest BCUT2D eigenvalue weighted by atomic mass is 32.1. The zero-order valence-corrected chi connectivity index (χ0v) is 12.9. The number of hydrogen-bond donors (Lipinski definition) is 0. The summed E-state index contributed by atoms with van der Waals surface area (Å²) in [4.78, 5) is 12.8. The molecule has 114 valence electrons. The summed E-state index contributed by atoms with van der Waals surface area (Å²) in [5, 5.41) is 21.6. The van der Waals surface area contributed by atoms with Gasteiger partial charge in [0, 0.05) is 0 Å². The Hall–Kier alpha value is -3.05. The van der Waals surface area contributed by atoms with Gasteiger partial charge in [-0.15, -0.1) is 16.4 Å². The molecule has 0 aliphatic rings. The van der Waals surface area contributed by atoms with E-state index in [0.29, 0.717) is 16.1 Å². The van der Waals surface area contributed by atoms with Gasteiger partial charge in [-0.25, -0.2) is 4.79 Å². The Kier molecular flexibility index (Phi) is 4.12. The average Bonchev–Trinajstić information content (AvgIpc) is 3.25. The van der Waals surface area contributed by atoms with Crippen molar-refractivity contribution < 1.29 is 9.53 Å². The maximum absolute atomic E-state index is 12.4. The van der Waals surface area contributed by atoms with E-state index in [9.17, 15) is 4.79 Å². The van der Waals surface area contributed by atoms with Crippen LogP contribution in [-0.4, -0.2) is 26.2 Å². The van der Waals surface area contributed by atoms with Gasteiger partial charge in [-0.3, -0.25) is 0 Å². The van der Waals surface area contributed by atoms with Crippen molar-refractivity contribution >= 4 is 17.3 Å². The SMILES string of the molecule is C[C@@H](OC(=O)c1sccc1-n1cnnn1)c1cccc(C#N)c1. The molecule has 23 heavy (non-hydrogen) atoms. The Morgan fingerprint density at radius 2 is 2.30 bits per heavy atom. The van der Waals surface area contributed by atoms with E-state index in [1.807, 2.05) is 6.07 Å². The van der Waals surface area contributed by atoms with Crippen molar-refractivity contribution in [2.75, 3.05) is 0 Å². The molecule has 0 N–H and O–H groups in total. The van der Waals surface area contributed by atoms with Gasteiger partial charge in [-0.2, -0.15) is 9.94 Å². The number of ether oxygens (including phenoxy) is 1. The van der Waals surface area contributed by atoms with E-state index in [-0.39, 0.29) is 0 Å². The first-order chi connectivity index (χ1) is 11.2. The van der Waals surface area contributed by atoms with Crippen molar-refractivity contribution in [3.8, 4) is 11.8 Å². The summed E-state index contributed by atoms with van der Waals surface area (Å²) in [6.07, 6.45) is 0.943. The molecule has 0 amide bonds. The van der Waals surface area contributed by atoms with Crippen molar-refractivity contribution in [2.24, 2.45) is 0 Å². The summed E-state index contributed by atoms with van der Waals surface area (Å²) in [5.41, 5.74) is 1.86. The van der Waals surface area contributed by atoms with E-state index >= 15 is 0 Å². The molecule has 8 heteroatoms. The highest BCUT2D eigenvalue weighted by molar-refractivity contribution is 7.12. The number of carbonyl (C=O) groups is 1. The first kappa shape index (κ1) is 14.9. The summed E-state index contributed by atoms with van der Waals surface area (Å²) < 4.78 is 6.91. The molecule has 2 heterocycles. The van der Waals surface area contributed by atoms with Gasteiger partial charge in [-0.05, 0) is 46.5 Å². The van der Waals surface area contributed by atoms with Crippen molar-refractivity contribution in [1.29, 1.82) is 5.26 Å². The van der Waals surface area contributed by atoms with Crippen LogP contribution in [0.1, 0.15) is 33.8 Å². The number of hydrogen-bond acceptors (Lipinski definition) is 7. The minimum Gasteiger partial charge on any atom is -0.454 e. The number of rotatable bonds is 4. The third-order valence-corrected chi connectivity index (χ3v) is 4.08. The van der Waals surface area contributed by atoms with Crippen LogP contribution in [0.5, 0.6) is 0 Å². The van der Waals surface area contributed by atoms with Gasteiger partial charge in [-0.1, -0.05) is 12.1 Å². The molecular weight excluding hydrogens is 314 g/mol. The molecule has 0 bridgehead atoms. The molecule has 3 rings (SSSR count). The molecule has 0 saturated carbocycles. The lowest BCUT2D eigenvalue weighted by atomic mass is 10.1. The molecule has 1 atom stereocenters. The summed E-state index contributed by atoms with van der Waals surface area (Å²) >= 11 is 1.26. The maximum Gasteiger partial charge on any atom is 0.351 e. The molecule has 0 fully saturated rings. The van der Waals surface area contributed by atoms with Crippen LogP contribution >= 0.6 is 11.3 Å². The summed E-state index contributed by atoms with van der Waals surface area (Å²) in [6.45, 7) is 1.76. The molecule has 1 aromatic carbocycles. The van der Waals surface area contributed by atoms with Crippen molar-refractivity contribution in [1.82, 2.24) is 20.2 Å². The van der Waals surface area contributed by atoms with E-state index in [1.54, 1.807) is 36.6 Å².